The maximum absolute atomic E-state index is 13.8. The number of alkyl carbamates (subject to hydrolysis) is 1. The molecule has 0 spiro atoms. The molecule has 2 aromatic rings. The Morgan fingerprint density at radius 1 is 1.11 bits per heavy atom. The Bertz CT molecular complexity index is 1390. The van der Waals surface area contributed by atoms with Crippen LogP contribution in [0, 0.1) is 11.8 Å². The van der Waals surface area contributed by atoms with Gasteiger partial charge >= 0.3 is 6.09 Å². The van der Waals surface area contributed by atoms with E-state index in [1.807, 2.05) is 26.0 Å². The van der Waals surface area contributed by atoms with Crippen molar-refractivity contribution in [2.75, 3.05) is 46.2 Å². The number of aliphatic hydroxyl groups is 1. The third-order valence-corrected chi connectivity index (χ3v) is 9.78. The van der Waals surface area contributed by atoms with Gasteiger partial charge in [-0.1, -0.05) is 26.0 Å². The van der Waals surface area contributed by atoms with E-state index in [-0.39, 0.29) is 55.9 Å². The quantitative estimate of drug-likeness (QED) is 0.242. The van der Waals surface area contributed by atoms with Crippen LogP contribution in [0.25, 0.3) is 0 Å². The summed E-state index contributed by atoms with van der Waals surface area (Å²) in [5.41, 5.74) is 6.34. The number of nitrogens with one attached hydrogen (secondary N) is 1. The molecule has 3 aliphatic rings. The molecule has 0 radical (unpaired) electrons. The Hall–Kier alpha value is -3.14. The van der Waals surface area contributed by atoms with Crippen molar-refractivity contribution in [1.29, 1.82) is 0 Å². The third-order valence-electron chi connectivity index (χ3n) is 7.95. The fraction of sp³-hybridized carbons (Fsp3) is 0.581. The highest BCUT2D eigenvalue weighted by atomic mass is 32.2. The number of benzene rings is 2. The van der Waals surface area contributed by atoms with Crippen molar-refractivity contribution in [3.05, 3.63) is 48.0 Å². The largest absolute Gasteiger partial charge is 0.494 e. The number of sulfonamides is 1. The average Bonchev–Trinajstić information content (AvgIpc) is 3.76. The normalized spacial score (nSPS) is 22.0. The molecular formula is C31H43N3O10S. The fourth-order valence-corrected chi connectivity index (χ4v) is 7.24. The Balaban J connectivity index is 1.33. The van der Waals surface area contributed by atoms with E-state index in [4.69, 9.17) is 34.2 Å². The number of nitrogens with zero attached hydrogens (tertiary/aromatic N) is 1. The maximum Gasteiger partial charge on any atom is 0.407 e. The van der Waals surface area contributed by atoms with Crippen molar-refractivity contribution >= 4 is 16.1 Å². The second-order valence-electron chi connectivity index (χ2n) is 11.9. The molecule has 248 valence electrons. The van der Waals surface area contributed by atoms with Gasteiger partial charge in [0.15, 0.2) is 17.8 Å². The summed E-state index contributed by atoms with van der Waals surface area (Å²) in [6, 6.07) is 10.8. The first kappa shape index (κ1) is 33.2. The van der Waals surface area contributed by atoms with Gasteiger partial charge in [-0.15, -0.1) is 0 Å². The first-order valence-electron chi connectivity index (χ1n) is 15.3. The number of aliphatic hydroxyl groups excluding tert-OH is 1. The van der Waals surface area contributed by atoms with E-state index in [0.717, 1.165) is 18.4 Å². The highest BCUT2D eigenvalue weighted by Crippen LogP contribution is 2.35. The smallest absolute Gasteiger partial charge is 0.407 e. The topological polar surface area (TPSA) is 168 Å². The van der Waals surface area contributed by atoms with Crippen molar-refractivity contribution in [1.82, 2.24) is 9.62 Å². The molecular weight excluding hydrogens is 606 g/mol. The van der Waals surface area contributed by atoms with E-state index in [9.17, 15) is 18.3 Å². The van der Waals surface area contributed by atoms with Gasteiger partial charge in [-0.3, -0.25) is 0 Å². The van der Waals surface area contributed by atoms with Gasteiger partial charge in [0.25, 0.3) is 0 Å². The zero-order valence-electron chi connectivity index (χ0n) is 25.6. The van der Waals surface area contributed by atoms with Crippen molar-refractivity contribution in [3.63, 3.8) is 0 Å². The summed E-state index contributed by atoms with van der Waals surface area (Å²) in [5.74, 6) is 1.37. The zero-order valence-corrected chi connectivity index (χ0v) is 26.4. The van der Waals surface area contributed by atoms with Gasteiger partial charge in [-0.2, -0.15) is 4.31 Å². The van der Waals surface area contributed by atoms with E-state index >= 15 is 0 Å². The molecule has 13 nitrogen and oxygen atoms in total. The molecule has 2 fully saturated rings. The molecule has 0 bridgehead atoms. The first-order chi connectivity index (χ1) is 21.6. The Labute approximate surface area is 263 Å². The summed E-state index contributed by atoms with van der Waals surface area (Å²) in [7, 11) is -4.05. The molecule has 4 N–H and O–H groups in total. The van der Waals surface area contributed by atoms with Crippen LogP contribution in [-0.2, 0) is 30.7 Å². The van der Waals surface area contributed by atoms with E-state index in [1.165, 1.54) is 16.4 Å². The summed E-state index contributed by atoms with van der Waals surface area (Å²) in [5, 5.41) is 14.4. The lowest BCUT2D eigenvalue weighted by molar-refractivity contribution is -0.0907. The predicted molar refractivity (Wildman–Crippen MR) is 162 cm³/mol. The van der Waals surface area contributed by atoms with Crippen LogP contribution in [-0.4, -0.2) is 94.7 Å². The van der Waals surface area contributed by atoms with Crippen LogP contribution < -0.4 is 25.3 Å². The molecule has 2 saturated heterocycles. The Morgan fingerprint density at radius 3 is 2.64 bits per heavy atom. The lowest BCUT2D eigenvalue weighted by atomic mass is 10.0. The van der Waals surface area contributed by atoms with Gasteiger partial charge in [0, 0.05) is 19.2 Å². The van der Waals surface area contributed by atoms with Crippen molar-refractivity contribution < 1.29 is 46.7 Å². The monoisotopic (exact) mass is 649 g/mol. The number of amides is 1. The number of hydrogen-bond acceptors (Lipinski definition) is 11. The minimum Gasteiger partial charge on any atom is -0.494 e. The van der Waals surface area contributed by atoms with Crippen molar-refractivity contribution in [2.24, 2.45) is 17.6 Å². The molecule has 3 unspecified atom stereocenters. The predicted octanol–water partition coefficient (Wildman–Crippen LogP) is 2.25. The van der Waals surface area contributed by atoms with Gasteiger partial charge in [0.1, 0.15) is 11.9 Å². The second kappa shape index (κ2) is 15.0. The molecule has 0 aliphatic carbocycles. The van der Waals surface area contributed by atoms with Crippen LogP contribution in [0.3, 0.4) is 0 Å². The molecule has 1 amide bonds. The highest BCUT2D eigenvalue weighted by molar-refractivity contribution is 7.89. The van der Waals surface area contributed by atoms with Crippen molar-refractivity contribution in [2.45, 2.75) is 62.5 Å². The van der Waals surface area contributed by atoms with Crippen LogP contribution in [0.15, 0.2) is 47.4 Å². The fourth-order valence-electron chi connectivity index (χ4n) is 5.60. The minimum absolute atomic E-state index is 0.0128. The van der Waals surface area contributed by atoms with E-state index in [2.05, 4.69) is 5.32 Å². The summed E-state index contributed by atoms with van der Waals surface area (Å²) < 4.78 is 62.2. The molecule has 0 aromatic heterocycles. The molecule has 5 rings (SSSR count). The van der Waals surface area contributed by atoms with E-state index in [0.29, 0.717) is 37.0 Å². The molecule has 5 atom stereocenters. The molecule has 14 heteroatoms. The van der Waals surface area contributed by atoms with Crippen LogP contribution in [0.4, 0.5) is 4.79 Å². The molecule has 3 heterocycles. The van der Waals surface area contributed by atoms with Gasteiger partial charge in [-0.25, -0.2) is 13.2 Å². The lowest BCUT2D eigenvalue weighted by Crippen LogP contribution is -2.51. The highest BCUT2D eigenvalue weighted by Gasteiger charge is 2.44. The summed E-state index contributed by atoms with van der Waals surface area (Å²) in [6.45, 7) is 5.44. The SMILES string of the molecule is CC(C)CN(C[C@@H](O)[C@H](Cc1ccc(OCCCN)cc1)NC(=O)OC1COC2OCCC12)S(=O)(=O)c1ccc2c(c1)OCO2. The van der Waals surface area contributed by atoms with Gasteiger partial charge in [0.2, 0.25) is 16.8 Å². The number of carbonyl (C=O) groups excluding carboxylic acids is 1. The van der Waals surface area contributed by atoms with Crippen LogP contribution in [0.2, 0.25) is 0 Å². The first-order valence-corrected chi connectivity index (χ1v) is 16.8. The third kappa shape index (κ3) is 8.37. The summed E-state index contributed by atoms with van der Waals surface area (Å²) >= 11 is 0. The standard InChI is InChI=1S/C31H43N3O10S/c1-20(2)16-34(45(37,38)23-8-9-27-28(15-23)43-19-42-27)17-26(35)25(14-21-4-6-22(7-5-21)39-12-3-11-32)33-31(36)44-29-18-41-30-24(29)10-13-40-30/h4-9,15,20,24-26,29-30,35H,3,10-14,16-19,32H2,1-2H3,(H,33,36)/t24?,25-,26+,29?,30?/m0/s1. The number of hydrogen-bond donors (Lipinski definition) is 3. The lowest BCUT2D eigenvalue weighted by Gasteiger charge is -2.31. The zero-order chi connectivity index (χ0) is 32.0. The summed E-state index contributed by atoms with van der Waals surface area (Å²) in [4.78, 5) is 13.2. The maximum atomic E-state index is 13.8. The van der Waals surface area contributed by atoms with Crippen LogP contribution >= 0.6 is 0 Å². The van der Waals surface area contributed by atoms with Gasteiger partial charge < -0.3 is 44.6 Å². The molecule has 2 aromatic carbocycles. The van der Waals surface area contributed by atoms with Gasteiger partial charge in [0.05, 0.1) is 42.8 Å². The van der Waals surface area contributed by atoms with Crippen molar-refractivity contribution in [3.8, 4) is 17.2 Å². The molecule has 3 aliphatic heterocycles. The Kier molecular flexibility index (Phi) is 11.1. The number of carbonyl (C=O) groups is 1. The average molecular weight is 650 g/mol. The minimum atomic E-state index is -4.05. The number of fused-ring (bicyclic) bond motifs is 2. The van der Waals surface area contributed by atoms with Crippen LogP contribution in [0.5, 0.6) is 17.2 Å². The number of ether oxygens (including phenoxy) is 6. The number of rotatable bonds is 15. The number of nitrogens with two attached hydrogens (primary N) is 1. The van der Waals surface area contributed by atoms with Gasteiger partial charge in [-0.05, 0) is 61.6 Å². The van der Waals surface area contributed by atoms with E-state index in [1.54, 1.807) is 18.2 Å². The van der Waals surface area contributed by atoms with Crippen LogP contribution in [0.1, 0.15) is 32.3 Å². The van der Waals surface area contributed by atoms with E-state index < -0.39 is 34.4 Å². The molecule has 0 saturated carbocycles. The summed E-state index contributed by atoms with van der Waals surface area (Å²) in [6.07, 6.45) is -1.24. The Morgan fingerprint density at radius 2 is 1.89 bits per heavy atom. The molecule has 45 heavy (non-hydrogen) atoms. The second-order valence-corrected chi connectivity index (χ2v) is 13.8.